The highest BCUT2D eigenvalue weighted by Crippen LogP contribution is 2.28. The van der Waals surface area contributed by atoms with E-state index in [1.165, 1.54) is 0 Å². The van der Waals surface area contributed by atoms with E-state index in [0.717, 1.165) is 68.0 Å². The first-order chi connectivity index (χ1) is 14.6. The largest absolute Gasteiger partial charge is 0.445 e. The van der Waals surface area contributed by atoms with Crippen molar-refractivity contribution in [3.8, 4) is 0 Å². The van der Waals surface area contributed by atoms with E-state index < -0.39 is 6.04 Å². The molecule has 1 unspecified atom stereocenters. The number of amides is 2. The van der Waals surface area contributed by atoms with Crippen molar-refractivity contribution < 1.29 is 14.3 Å². The molecule has 1 saturated heterocycles. The Morgan fingerprint density at radius 3 is 2.50 bits per heavy atom. The Labute approximate surface area is 177 Å². The Hall–Kier alpha value is -2.60. The van der Waals surface area contributed by atoms with E-state index in [1.54, 1.807) is 0 Å². The Bertz CT molecular complexity index is 881. The van der Waals surface area contributed by atoms with Crippen molar-refractivity contribution in [2.24, 2.45) is 11.7 Å². The summed E-state index contributed by atoms with van der Waals surface area (Å²) in [6.45, 7) is 1.93. The number of alkyl carbamates (subject to hydrolysis) is 1. The quantitative estimate of drug-likeness (QED) is 0.791. The number of rotatable bonds is 5. The summed E-state index contributed by atoms with van der Waals surface area (Å²) in [5, 5.41) is 5.22. The zero-order valence-corrected chi connectivity index (χ0v) is 17.4. The SMILES string of the molecule is NC(C(=O)N1CCCC1)C1CCC(NC(=O)OCc2cccc3ccccc23)CC1. The maximum atomic E-state index is 12.5. The highest BCUT2D eigenvalue weighted by Gasteiger charge is 2.33. The summed E-state index contributed by atoms with van der Waals surface area (Å²) in [5.41, 5.74) is 7.27. The van der Waals surface area contributed by atoms with E-state index in [0.29, 0.717) is 0 Å². The maximum absolute atomic E-state index is 12.5. The van der Waals surface area contributed by atoms with Gasteiger partial charge in [-0.2, -0.15) is 0 Å². The normalized spacial score (nSPS) is 22.6. The molecular formula is C24H31N3O3. The van der Waals surface area contributed by atoms with Gasteiger partial charge in [-0.05, 0) is 60.8 Å². The Morgan fingerprint density at radius 1 is 1.03 bits per heavy atom. The van der Waals surface area contributed by atoms with Crippen molar-refractivity contribution in [1.29, 1.82) is 0 Å². The molecule has 2 fully saturated rings. The molecule has 1 aliphatic carbocycles. The van der Waals surface area contributed by atoms with Crippen molar-refractivity contribution in [2.75, 3.05) is 13.1 Å². The summed E-state index contributed by atoms with van der Waals surface area (Å²) in [4.78, 5) is 26.7. The number of nitrogens with one attached hydrogen (secondary N) is 1. The number of ether oxygens (including phenoxy) is 1. The molecule has 0 radical (unpaired) electrons. The summed E-state index contributed by atoms with van der Waals surface area (Å²) in [5.74, 6) is 0.293. The van der Waals surface area contributed by atoms with Crippen LogP contribution in [0.4, 0.5) is 4.79 Å². The zero-order chi connectivity index (χ0) is 20.9. The second kappa shape index (κ2) is 9.47. The lowest BCUT2D eigenvalue weighted by Crippen LogP contribution is -2.49. The van der Waals surface area contributed by atoms with Crippen LogP contribution in [0.5, 0.6) is 0 Å². The lowest BCUT2D eigenvalue weighted by Gasteiger charge is -2.33. The number of nitrogens with zero attached hydrogens (tertiary/aromatic N) is 1. The van der Waals surface area contributed by atoms with Gasteiger partial charge in [-0.15, -0.1) is 0 Å². The first-order valence-corrected chi connectivity index (χ1v) is 11.1. The summed E-state index contributed by atoms with van der Waals surface area (Å²) >= 11 is 0. The number of nitrogens with two attached hydrogens (primary N) is 1. The second-order valence-corrected chi connectivity index (χ2v) is 8.53. The first kappa shape index (κ1) is 20.7. The highest BCUT2D eigenvalue weighted by atomic mass is 16.5. The van der Waals surface area contributed by atoms with Gasteiger partial charge in [0, 0.05) is 19.1 Å². The molecule has 160 valence electrons. The molecule has 6 nitrogen and oxygen atoms in total. The van der Waals surface area contributed by atoms with Crippen LogP contribution in [0.25, 0.3) is 10.8 Å². The number of carbonyl (C=O) groups excluding carboxylic acids is 2. The minimum absolute atomic E-state index is 0.0790. The average molecular weight is 410 g/mol. The molecule has 0 aromatic heterocycles. The van der Waals surface area contributed by atoms with Crippen molar-refractivity contribution in [1.82, 2.24) is 10.2 Å². The van der Waals surface area contributed by atoms with Gasteiger partial charge in [0.15, 0.2) is 0 Å². The molecule has 30 heavy (non-hydrogen) atoms. The fourth-order valence-electron chi connectivity index (χ4n) is 4.74. The summed E-state index contributed by atoms with van der Waals surface area (Å²) in [7, 11) is 0. The van der Waals surface area contributed by atoms with Crippen LogP contribution in [0.3, 0.4) is 0 Å². The number of carbonyl (C=O) groups is 2. The Morgan fingerprint density at radius 2 is 1.73 bits per heavy atom. The number of likely N-dealkylation sites (tertiary alicyclic amines) is 1. The van der Waals surface area contributed by atoms with Crippen molar-refractivity contribution in [2.45, 2.75) is 57.2 Å². The van der Waals surface area contributed by atoms with Crippen LogP contribution in [-0.4, -0.2) is 42.1 Å². The van der Waals surface area contributed by atoms with Crippen LogP contribution < -0.4 is 11.1 Å². The molecule has 1 aliphatic heterocycles. The van der Waals surface area contributed by atoms with E-state index in [-0.39, 0.29) is 30.6 Å². The van der Waals surface area contributed by atoms with Crippen LogP contribution in [-0.2, 0) is 16.1 Å². The van der Waals surface area contributed by atoms with E-state index in [4.69, 9.17) is 10.5 Å². The smallest absolute Gasteiger partial charge is 0.407 e. The molecule has 3 N–H and O–H groups in total. The zero-order valence-electron chi connectivity index (χ0n) is 17.4. The summed E-state index contributed by atoms with van der Waals surface area (Å²) in [6, 6.07) is 13.8. The van der Waals surface area contributed by atoms with E-state index in [9.17, 15) is 9.59 Å². The third-order valence-electron chi connectivity index (χ3n) is 6.54. The van der Waals surface area contributed by atoms with Crippen molar-refractivity contribution in [3.63, 3.8) is 0 Å². The van der Waals surface area contributed by atoms with Gasteiger partial charge >= 0.3 is 6.09 Å². The lowest BCUT2D eigenvalue weighted by atomic mass is 9.81. The van der Waals surface area contributed by atoms with Gasteiger partial charge in [0.2, 0.25) is 5.91 Å². The van der Waals surface area contributed by atoms with E-state index >= 15 is 0 Å². The molecule has 2 aromatic rings. The molecule has 0 bridgehead atoms. The van der Waals surface area contributed by atoms with E-state index in [1.807, 2.05) is 35.2 Å². The Kier molecular flexibility index (Phi) is 6.53. The Balaban J connectivity index is 1.23. The topological polar surface area (TPSA) is 84.7 Å². The van der Waals surface area contributed by atoms with E-state index in [2.05, 4.69) is 17.4 Å². The predicted octanol–water partition coefficient (Wildman–Crippen LogP) is 3.57. The lowest BCUT2D eigenvalue weighted by molar-refractivity contribution is -0.133. The van der Waals surface area contributed by atoms with Gasteiger partial charge in [0.25, 0.3) is 0 Å². The monoisotopic (exact) mass is 409 g/mol. The second-order valence-electron chi connectivity index (χ2n) is 8.53. The van der Waals surface area contributed by atoms with Crippen molar-refractivity contribution >= 4 is 22.8 Å². The van der Waals surface area contributed by atoms with Gasteiger partial charge < -0.3 is 20.7 Å². The third-order valence-corrected chi connectivity index (χ3v) is 6.54. The standard InChI is InChI=1S/C24H31N3O3/c25-22(23(28)27-14-3-4-15-27)18-10-12-20(13-11-18)26-24(29)30-16-19-8-5-7-17-6-1-2-9-21(17)19/h1-2,5-9,18,20,22H,3-4,10-16,25H2,(H,26,29). The molecule has 0 spiro atoms. The molecule has 1 saturated carbocycles. The predicted molar refractivity (Wildman–Crippen MR) is 117 cm³/mol. The fraction of sp³-hybridized carbons (Fsp3) is 0.500. The van der Waals surface area contributed by atoms with Gasteiger partial charge in [-0.3, -0.25) is 4.79 Å². The molecule has 1 heterocycles. The molecule has 1 atom stereocenters. The van der Waals surface area contributed by atoms with Gasteiger partial charge in [-0.1, -0.05) is 42.5 Å². The van der Waals surface area contributed by atoms with Crippen LogP contribution in [0.1, 0.15) is 44.1 Å². The number of hydrogen-bond acceptors (Lipinski definition) is 4. The highest BCUT2D eigenvalue weighted by molar-refractivity contribution is 5.85. The average Bonchev–Trinajstić information content (AvgIpc) is 3.32. The number of benzene rings is 2. The van der Waals surface area contributed by atoms with Gasteiger partial charge in [-0.25, -0.2) is 4.79 Å². The fourth-order valence-corrected chi connectivity index (χ4v) is 4.74. The van der Waals surface area contributed by atoms with Gasteiger partial charge in [0.1, 0.15) is 6.61 Å². The summed E-state index contributed by atoms with van der Waals surface area (Å²) < 4.78 is 5.48. The molecule has 2 aliphatic rings. The molecule has 6 heteroatoms. The summed E-state index contributed by atoms with van der Waals surface area (Å²) in [6.07, 6.45) is 5.14. The number of fused-ring (bicyclic) bond motifs is 1. The molecule has 2 aromatic carbocycles. The number of hydrogen-bond donors (Lipinski definition) is 2. The molecular weight excluding hydrogens is 378 g/mol. The third kappa shape index (κ3) is 4.75. The van der Waals surface area contributed by atoms with Crippen LogP contribution in [0.2, 0.25) is 0 Å². The minimum Gasteiger partial charge on any atom is -0.445 e. The van der Waals surface area contributed by atoms with Crippen LogP contribution in [0, 0.1) is 5.92 Å². The van der Waals surface area contributed by atoms with Gasteiger partial charge in [0.05, 0.1) is 6.04 Å². The van der Waals surface area contributed by atoms with Crippen LogP contribution >= 0.6 is 0 Å². The maximum Gasteiger partial charge on any atom is 0.407 e. The van der Waals surface area contributed by atoms with Crippen LogP contribution in [0.15, 0.2) is 42.5 Å². The first-order valence-electron chi connectivity index (χ1n) is 11.1. The molecule has 4 rings (SSSR count). The molecule has 2 amide bonds. The van der Waals surface area contributed by atoms with Crippen molar-refractivity contribution in [3.05, 3.63) is 48.0 Å². The minimum atomic E-state index is -0.414.